The number of hydrogen-bond donors (Lipinski definition) is 2. The lowest BCUT2D eigenvalue weighted by atomic mass is 9.95. The summed E-state index contributed by atoms with van der Waals surface area (Å²) in [7, 11) is 1.69. The van der Waals surface area contributed by atoms with Gasteiger partial charge in [-0.1, -0.05) is 48.5 Å². The summed E-state index contributed by atoms with van der Waals surface area (Å²) in [6.45, 7) is 1.75. The average Bonchev–Trinajstić information content (AvgIpc) is 2.92. The number of nitrogens with zero attached hydrogens (tertiary/aromatic N) is 2. The molecule has 3 aromatic rings. The van der Waals surface area contributed by atoms with Gasteiger partial charge in [0.2, 0.25) is 11.8 Å². The van der Waals surface area contributed by atoms with Crippen LogP contribution >= 0.6 is 0 Å². The molecule has 0 fully saturated rings. The van der Waals surface area contributed by atoms with Gasteiger partial charge in [0.25, 0.3) is 5.91 Å². The van der Waals surface area contributed by atoms with Crippen molar-refractivity contribution in [2.24, 2.45) is 5.92 Å². The minimum atomic E-state index is -0.977. The maximum absolute atomic E-state index is 13.3. The van der Waals surface area contributed by atoms with Gasteiger partial charge in [-0.05, 0) is 36.2 Å². The van der Waals surface area contributed by atoms with Crippen LogP contribution in [-0.2, 0) is 20.9 Å². The Bertz CT molecular complexity index is 1160. The predicted octanol–water partition coefficient (Wildman–Crippen LogP) is 2.83. The average molecular weight is 428 g/mol. The highest BCUT2D eigenvalue weighted by molar-refractivity contribution is 6.07. The van der Waals surface area contributed by atoms with Crippen molar-refractivity contribution in [2.75, 3.05) is 11.9 Å². The summed E-state index contributed by atoms with van der Waals surface area (Å²) >= 11 is 0. The maximum atomic E-state index is 13.3. The second-order valence-corrected chi connectivity index (χ2v) is 7.70. The van der Waals surface area contributed by atoms with Crippen molar-refractivity contribution >= 4 is 23.4 Å². The number of pyridine rings is 1. The SMILES string of the molecule is CC(C(=O)NCc1ccccn1)C(=O)NC1C(=O)N(C)c2ccccc2-c2ccccc21. The Morgan fingerprint density at radius 2 is 1.66 bits per heavy atom. The fraction of sp³-hybridized carbons (Fsp3) is 0.200. The molecule has 2 heterocycles. The van der Waals surface area contributed by atoms with E-state index >= 15 is 0 Å². The quantitative estimate of drug-likeness (QED) is 0.612. The molecule has 1 aliphatic heterocycles. The number of fused-ring (bicyclic) bond motifs is 3. The summed E-state index contributed by atoms with van der Waals surface area (Å²) in [5.74, 6) is -2.19. The summed E-state index contributed by atoms with van der Waals surface area (Å²) in [5, 5.41) is 5.53. The molecule has 7 heteroatoms. The topological polar surface area (TPSA) is 91.4 Å². The zero-order chi connectivity index (χ0) is 22.7. The number of anilines is 1. The largest absolute Gasteiger partial charge is 0.350 e. The first kappa shape index (κ1) is 21.2. The lowest BCUT2D eigenvalue weighted by Crippen LogP contribution is -2.45. The molecule has 0 bridgehead atoms. The number of amides is 3. The molecule has 2 N–H and O–H groups in total. The number of para-hydroxylation sites is 1. The third-order valence-electron chi connectivity index (χ3n) is 5.65. The second-order valence-electron chi connectivity index (χ2n) is 7.70. The fourth-order valence-corrected chi connectivity index (χ4v) is 3.79. The third-order valence-corrected chi connectivity index (χ3v) is 5.65. The van der Waals surface area contributed by atoms with Gasteiger partial charge in [-0.15, -0.1) is 0 Å². The number of carbonyl (C=O) groups excluding carboxylic acids is 3. The van der Waals surface area contributed by atoms with Crippen LogP contribution in [0.1, 0.15) is 24.2 Å². The summed E-state index contributed by atoms with van der Waals surface area (Å²) in [5.41, 5.74) is 3.95. The Morgan fingerprint density at radius 3 is 2.41 bits per heavy atom. The molecule has 3 amide bonds. The van der Waals surface area contributed by atoms with Gasteiger partial charge in [0, 0.05) is 18.8 Å². The summed E-state index contributed by atoms with van der Waals surface area (Å²) in [4.78, 5) is 44.5. The van der Waals surface area contributed by atoms with E-state index in [1.54, 1.807) is 30.3 Å². The van der Waals surface area contributed by atoms with Crippen LogP contribution in [0.5, 0.6) is 0 Å². The first-order chi connectivity index (χ1) is 15.5. The van der Waals surface area contributed by atoms with Crippen LogP contribution in [0.25, 0.3) is 11.1 Å². The Labute approximate surface area is 186 Å². The second kappa shape index (κ2) is 9.01. The highest BCUT2D eigenvalue weighted by Gasteiger charge is 2.34. The van der Waals surface area contributed by atoms with E-state index in [1.165, 1.54) is 6.92 Å². The van der Waals surface area contributed by atoms with Crippen molar-refractivity contribution in [3.8, 4) is 11.1 Å². The third kappa shape index (κ3) is 4.09. The molecular formula is C25H24N4O3. The Morgan fingerprint density at radius 1 is 0.969 bits per heavy atom. The van der Waals surface area contributed by atoms with Crippen LogP contribution in [0, 0.1) is 5.92 Å². The Balaban J connectivity index is 1.55. The number of hydrogen-bond acceptors (Lipinski definition) is 4. The molecule has 2 unspecified atom stereocenters. The van der Waals surface area contributed by atoms with E-state index in [0.29, 0.717) is 11.3 Å². The normalized spacial score (nSPS) is 15.8. The zero-order valence-corrected chi connectivity index (χ0v) is 17.9. The predicted molar refractivity (Wildman–Crippen MR) is 121 cm³/mol. The highest BCUT2D eigenvalue weighted by Crippen LogP contribution is 2.39. The number of rotatable bonds is 5. The monoisotopic (exact) mass is 428 g/mol. The first-order valence-electron chi connectivity index (χ1n) is 10.4. The van der Waals surface area contributed by atoms with E-state index in [-0.39, 0.29) is 12.5 Å². The van der Waals surface area contributed by atoms with Crippen molar-refractivity contribution in [3.63, 3.8) is 0 Å². The van der Waals surface area contributed by atoms with Crippen molar-refractivity contribution in [3.05, 3.63) is 84.2 Å². The van der Waals surface area contributed by atoms with Crippen molar-refractivity contribution in [2.45, 2.75) is 19.5 Å². The standard InChI is InChI=1S/C25H24N4O3/c1-16(23(30)27-15-17-9-7-8-14-26-17)24(31)28-22-20-12-4-3-10-18(20)19-11-5-6-13-21(19)29(2)25(22)32/h3-14,16,22H,15H2,1-2H3,(H,27,30)(H,28,31). The smallest absolute Gasteiger partial charge is 0.253 e. The van der Waals surface area contributed by atoms with Crippen molar-refractivity contribution in [1.29, 1.82) is 0 Å². The molecule has 4 rings (SSSR count). The van der Waals surface area contributed by atoms with Crippen LogP contribution in [-0.4, -0.2) is 29.8 Å². The van der Waals surface area contributed by atoms with Crippen LogP contribution in [0.15, 0.2) is 72.9 Å². The zero-order valence-electron chi connectivity index (χ0n) is 17.9. The molecule has 0 saturated carbocycles. The van der Waals surface area contributed by atoms with E-state index in [0.717, 1.165) is 16.8 Å². The molecular weight excluding hydrogens is 404 g/mol. The molecule has 0 aliphatic carbocycles. The Kier molecular flexibility index (Phi) is 5.98. The van der Waals surface area contributed by atoms with Crippen LogP contribution in [0.4, 0.5) is 5.69 Å². The van der Waals surface area contributed by atoms with Gasteiger partial charge in [-0.2, -0.15) is 0 Å². The summed E-state index contributed by atoms with van der Waals surface area (Å²) in [6, 6.07) is 19.6. The molecule has 7 nitrogen and oxygen atoms in total. The minimum absolute atomic E-state index is 0.223. The number of likely N-dealkylation sites (N-methyl/N-ethyl adjacent to an activating group) is 1. The van der Waals surface area contributed by atoms with Gasteiger partial charge in [0.1, 0.15) is 12.0 Å². The van der Waals surface area contributed by atoms with Crippen LogP contribution in [0.3, 0.4) is 0 Å². The van der Waals surface area contributed by atoms with Gasteiger partial charge in [0.05, 0.1) is 17.9 Å². The molecule has 0 saturated heterocycles. The Hall–Kier alpha value is -4.00. The van der Waals surface area contributed by atoms with Gasteiger partial charge in [0.15, 0.2) is 0 Å². The molecule has 1 aromatic heterocycles. The molecule has 0 spiro atoms. The molecule has 0 radical (unpaired) electrons. The molecule has 2 atom stereocenters. The fourth-order valence-electron chi connectivity index (χ4n) is 3.79. The number of carbonyl (C=O) groups is 3. The summed E-state index contributed by atoms with van der Waals surface area (Å²) < 4.78 is 0. The van der Waals surface area contributed by atoms with Gasteiger partial charge < -0.3 is 15.5 Å². The molecule has 32 heavy (non-hydrogen) atoms. The molecule has 2 aromatic carbocycles. The minimum Gasteiger partial charge on any atom is -0.350 e. The highest BCUT2D eigenvalue weighted by atomic mass is 16.2. The van der Waals surface area contributed by atoms with Crippen LogP contribution in [0.2, 0.25) is 0 Å². The van der Waals surface area contributed by atoms with E-state index in [9.17, 15) is 14.4 Å². The van der Waals surface area contributed by atoms with E-state index in [1.807, 2.05) is 54.6 Å². The van der Waals surface area contributed by atoms with E-state index < -0.39 is 23.8 Å². The van der Waals surface area contributed by atoms with Gasteiger partial charge >= 0.3 is 0 Å². The molecule has 1 aliphatic rings. The summed E-state index contributed by atoms with van der Waals surface area (Å²) in [6.07, 6.45) is 1.64. The molecule has 162 valence electrons. The number of nitrogens with one attached hydrogen (secondary N) is 2. The number of aromatic nitrogens is 1. The lowest BCUT2D eigenvalue weighted by molar-refractivity contribution is -0.136. The van der Waals surface area contributed by atoms with E-state index in [2.05, 4.69) is 15.6 Å². The number of benzene rings is 2. The van der Waals surface area contributed by atoms with Crippen molar-refractivity contribution < 1.29 is 14.4 Å². The first-order valence-corrected chi connectivity index (χ1v) is 10.4. The van der Waals surface area contributed by atoms with Gasteiger partial charge in [-0.25, -0.2) is 0 Å². The van der Waals surface area contributed by atoms with Crippen molar-refractivity contribution in [1.82, 2.24) is 15.6 Å². The lowest BCUT2D eigenvalue weighted by Gasteiger charge is -2.24. The van der Waals surface area contributed by atoms with E-state index in [4.69, 9.17) is 0 Å². The maximum Gasteiger partial charge on any atom is 0.253 e. The van der Waals surface area contributed by atoms with Crippen LogP contribution < -0.4 is 15.5 Å². The van der Waals surface area contributed by atoms with Gasteiger partial charge in [-0.3, -0.25) is 19.4 Å².